The molecule has 2 atom stereocenters. The number of rotatable bonds is 3. The molecule has 2 fully saturated rings. The molecule has 0 spiro atoms. The zero-order valence-corrected chi connectivity index (χ0v) is 12.2. The van der Waals surface area contributed by atoms with Crippen molar-refractivity contribution in [2.75, 3.05) is 39.8 Å². The van der Waals surface area contributed by atoms with Crippen molar-refractivity contribution in [2.24, 2.45) is 0 Å². The van der Waals surface area contributed by atoms with E-state index in [1.807, 2.05) is 6.07 Å². The maximum absolute atomic E-state index is 6.14. The average Bonchev–Trinajstić information content (AvgIpc) is 2.48. The lowest BCUT2D eigenvalue weighted by Crippen LogP contribution is -2.38. The summed E-state index contributed by atoms with van der Waals surface area (Å²) in [6, 6.07) is 8.37. The molecule has 2 unspecified atom stereocenters. The molecule has 2 heterocycles. The molecule has 1 N–H and O–H groups in total. The highest BCUT2D eigenvalue weighted by molar-refractivity contribution is 5.30. The third kappa shape index (κ3) is 3.51. The zero-order valence-electron chi connectivity index (χ0n) is 12.2. The molecule has 110 valence electrons. The Kier molecular flexibility index (Phi) is 4.55. The first-order chi connectivity index (χ1) is 9.81. The van der Waals surface area contributed by atoms with Crippen LogP contribution in [-0.2, 0) is 4.74 Å². The number of nitrogens with one attached hydrogen (secondary N) is 1. The average molecular weight is 276 g/mol. The Morgan fingerprint density at radius 1 is 1.40 bits per heavy atom. The number of hydrogen-bond acceptors (Lipinski definition) is 4. The molecule has 0 saturated carbocycles. The van der Waals surface area contributed by atoms with Crippen molar-refractivity contribution in [1.82, 2.24) is 10.2 Å². The van der Waals surface area contributed by atoms with Gasteiger partial charge >= 0.3 is 0 Å². The van der Waals surface area contributed by atoms with Gasteiger partial charge in [0.1, 0.15) is 11.9 Å². The predicted molar refractivity (Wildman–Crippen MR) is 79.2 cm³/mol. The summed E-state index contributed by atoms with van der Waals surface area (Å²) >= 11 is 0. The second-order valence-corrected chi connectivity index (χ2v) is 5.78. The maximum Gasteiger partial charge on any atom is 0.120 e. The lowest BCUT2D eigenvalue weighted by molar-refractivity contribution is 0.0273. The van der Waals surface area contributed by atoms with Crippen LogP contribution in [0.25, 0.3) is 0 Å². The molecule has 4 nitrogen and oxygen atoms in total. The van der Waals surface area contributed by atoms with E-state index in [1.165, 1.54) is 18.5 Å². The largest absolute Gasteiger partial charge is 0.489 e. The molecule has 0 bridgehead atoms. The van der Waals surface area contributed by atoms with Gasteiger partial charge in [-0.15, -0.1) is 0 Å². The van der Waals surface area contributed by atoms with Gasteiger partial charge in [0, 0.05) is 19.6 Å². The second-order valence-electron chi connectivity index (χ2n) is 5.78. The number of hydrogen-bond donors (Lipinski definition) is 1. The lowest BCUT2D eigenvalue weighted by atomic mass is 10.1. The SMILES string of the molecule is CN1CCCC(Oc2cccc(C3CNCCO3)c2)C1. The fourth-order valence-corrected chi connectivity index (χ4v) is 2.98. The molecule has 1 aromatic rings. The lowest BCUT2D eigenvalue weighted by Gasteiger charge is -2.30. The van der Waals surface area contributed by atoms with Crippen molar-refractivity contribution in [2.45, 2.75) is 25.0 Å². The van der Waals surface area contributed by atoms with Crippen LogP contribution in [-0.4, -0.2) is 50.8 Å². The Bertz CT molecular complexity index is 432. The van der Waals surface area contributed by atoms with Crippen LogP contribution >= 0.6 is 0 Å². The van der Waals surface area contributed by atoms with Crippen LogP contribution in [0.1, 0.15) is 24.5 Å². The van der Waals surface area contributed by atoms with E-state index in [-0.39, 0.29) is 6.10 Å². The van der Waals surface area contributed by atoms with Gasteiger partial charge in [-0.1, -0.05) is 12.1 Å². The van der Waals surface area contributed by atoms with Gasteiger partial charge in [-0.25, -0.2) is 0 Å². The van der Waals surface area contributed by atoms with Crippen LogP contribution in [0.3, 0.4) is 0 Å². The Labute approximate surface area is 121 Å². The number of likely N-dealkylation sites (tertiary alicyclic amines) is 1. The fraction of sp³-hybridized carbons (Fsp3) is 0.625. The number of likely N-dealkylation sites (N-methyl/N-ethyl adjacent to an activating group) is 1. The Morgan fingerprint density at radius 3 is 3.15 bits per heavy atom. The van der Waals surface area contributed by atoms with Crippen LogP contribution in [0.5, 0.6) is 5.75 Å². The predicted octanol–water partition coefficient (Wildman–Crippen LogP) is 1.82. The molecule has 2 saturated heterocycles. The highest BCUT2D eigenvalue weighted by Crippen LogP contribution is 2.24. The first-order valence-corrected chi connectivity index (χ1v) is 7.59. The van der Waals surface area contributed by atoms with Crippen LogP contribution in [0, 0.1) is 0 Å². The molecule has 0 aromatic heterocycles. The summed E-state index contributed by atoms with van der Waals surface area (Å²) in [5.74, 6) is 0.969. The maximum atomic E-state index is 6.14. The minimum absolute atomic E-state index is 0.154. The zero-order chi connectivity index (χ0) is 13.8. The Hall–Kier alpha value is -1.10. The normalized spacial score (nSPS) is 28.2. The van der Waals surface area contributed by atoms with E-state index in [9.17, 15) is 0 Å². The minimum atomic E-state index is 0.154. The number of benzene rings is 1. The quantitative estimate of drug-likeness (QED) is 0.913. The van der Waals surface area contributed by atoms with Crippen LogP contribution in [0.4, 0.5) is 0 Å². The van der Waals surface area contributed by atoms with Crippen LogP contribution in [0.2, 0.25) is 0 Å². The van der Waals surface area contributed by atoms with E-state index in [2.05, 4.69) is 35.5 Å². The summed E-state index contributed by atoms with van der Waals surface area (Å²) < 4.78 is 11.9. The molecule has 0 aliphatic carbocycles. The van der Waals surface area contributed by atoms with Crippen molar-refractivity contribution >= 4 is 0 Å². The van der Waals surface area contributed by atoms with Gasteiger partial charge in [-0.05, 0) is 44.1 Å². The van der Waals surface area contributed by atoms with Crippen molar-refractivity contribution in [3.05, 3.63) is 29.8 Å². The molecular weight excluding hydrogens is 252 g/mol. The molecule has 1 aromatic carbocycles. The van der Waals surface area contributed by atoms with Gasteiger partial charge in [0.2, 0.25) is 0 Å². The summed E-state index contributed by atoms with van der Waals surface area (Å²) in [7, 11) is 2.16. The van der Waals surface area contributed by atoms with Crippen LogP contribution < -0.4 is 10.1 Å². The minimum Gasteiger partial charge on any atom is -0.489 e. The van der Waals surface area contributed by atoms with Crippen molar-refractivity contribution < 1.29 is 9.47 Å². The van der Waals surface area contributed by atoms with Crippen molar-refractivity contribution in [3.8, 4) is 5.75 Å². The standard InChI is InChI=1S/C16H24N2O2/c1-18-8-3-6-15(12-18)20-14-5-2-4-13(10-14)16-11-17-7-9-19-16/h2,4-5,10,15-17H,3,6-9,11-12H2,1H3. The van der Waals surface area contributed by atoms with Gasteiger partial charge in [0.15, 0.2) is 0 Å². The van der Waals surface area contributed by atoms with Crippen molar-refractivity contribution in [1.29, 1.82) is 0 Å². The Balaban J connectivity index is 1.64. The van der Waals surface area contributed by atoms with Gasteiger partial charge in [0.25, 0.3) is 0 Å². The first-order valence-electron chi connectivity index (χ1n) is 7.59. The molecule has 2 aliphatic rings. The smallest absolute Gasteiger partial charge is 0.120 e. The van der Waals surface area contributed by atoms with Crippen LogP contribution in [0.15, 0.2) is 24.3 Å². The molecule has 2 aliphatic heterocycles. The van der Waals surface area contributed by atoms with Gasteiger partial charge in [-0.2, -0.15) is 0 Å². The number of piperidine rings is 1. The van der Waals surface area contributed by atoms with E-state index >= 15 is 0 Å². The highest BCUT2D eigenvalue weighted by Gasteiger charge is 2.20. The molecule has 3 rings (SSSR count). The van der Waals surface area contributed by atoms with E-state index in [0.717, 1.165) is 38.4 Å². The number of nitrogens with zero attached hydrogens (tertiary/aromatic N) is 1. The second kappa shape index (κ2) is 6.57. The van der Waals surface area contributed by atoms with E-state index in [0.29, 0.717) is 6.10 Å². The summed E-state index contributed by atoms with van der Waals surface area (Å²) in [5.41, 5.74) is 1.21. The fourth-order valence-electron chi connectivity index (χ4n) is 2.98. The molecule has 0 radical (unpaired) electrons. The van der Waals surface area contributed by atoms with E-state index < -0.39 is 0 Å². The van der Waals surface area contributed by atoms with E-state index in [1.54, 1.807) is 0 Å². The number of morpholine rings is 1. The topological polar surface area (TPSA) is 33.7 Å². The molecular formula is C16H24N2O2. The third-order valence-corrected chi connectivity index (χ3v) is 4.04. The first kappa shape index (κ1) is 13.9. The summed E-state index contributed by atoms with van der Waals surface area (Å²) in [5, 5.41) is 3.37. The third-order valence-electron chi connectivity index (χ3n) is 4.04. The molecule has 0 amide bonds. The molecule has 4 heteroatoms. The summed E-state index contributed by atoms with van der Waals surface area (Å²) in [6.45, 7) is 4.81. The number of ether oxygens (including phenoxy) is 2. The summed E-state index contributed by atoms with van der Waals surface area (Å²) in [6.07, 6.45) is 2.84. The molecule has 20 heavy (non-hydrogen) atoms. The van der Waals surface area contributed by atoms with Gasteiger partial charge < -0.3 is 19.7 Å². The van der Waals surface area contributed by atoms with Crippen molar-refractivity contribution in [3.63, 3.8) is 0 Å². The highest BCUT2D eigenvalue weighted by atomic mass is 16.5. The van der Waals surface area contributed by atoms with Gasteiger partial charge in [-0.3, -0.25) is 0 Å². The monoisotopic (exact) mass is 276 g/mol. The Morgan fingerprint density at radius 2 is 2.35 bits per heavy atom. The van der Waals surface area contributed by atoms with E-state index in [4.69, 9.17) is 9.47 Å². The van der Waals surface area contributed by atoms with Gasteiger partial charge in [0.05, 0.1) is 12.7 Å². The summed E-state index contributed by atoms with van der Waals surface area (Å²) in [4.78, 5) is 2.34.